The van der Waals surface area contributed by atoms with Gasteiger partial charge in [-0.2, -0.15) is 0 Å². The van der Waals surface area contributed by atoms with Gasteiger partial charge in [-0.15, -0.1) is 0 Å². The zero-order valence-corrected chi connectivity index (χ0v) is 12.3. The van der Waals surface area contributed by atoms with Crippen LogP contribution in [-0.4, -0.2) is 36.5 Å². The van der Waals surface area contributed by atoms with Crippen molar-refractivity contribution in [3.8, 4) is 0 Å². The highest BCUT2D eigenvalue weighted by Crippen LogP contribution is 2.16. The molecule has 0 radical (unpaired) electrons. The zero-order chi connectivity index (χ0) is 14.3. The van der Waals surface area contributed by atoms with E-state index >= 15 is 0 Å². The number of hydrogen-bond acceptors (Lipinski definition) is 3. The Morgan fingerprint density at radius 2 is 1.74 bits per heavy atom. The molecule has 0 aromatic rings. The molecule has 1 atom stereocenters. The van der Waals surface area contributed by atoms with Crippen LogP contribution in [0, 0.1) is 0 Å². The van der Waals surface area contributed by atoms with Gasteiger partial charge in [0.1, 0.15) is 0 Å². The molecule has 0 saturated heterocycles. The van der Waals surface area contributed by atoms with Crippen molar-refractivity contribution >= 4 is 11.8 Å². The first-order valence-electron chi connectivity index (χ1n) is 7.32. The molecule has 0 aliphatic heterocycles. The maximum Gasteiger partial charge on any atom is 0.237 e. The molecule has 1 fully saturated rings. The third-order valence-corrected chi connectivity index (χ3v) is 3.36. The normalized spacial score (nSPS) is 18.1. The molecule has 0 aromatic heterocycles. The van der Waals surface area contributed by atoms with E-state index in [-0.39, 0.29) is 30.4 Å². The summed E-state index contributed by atoms with van der Waals surface area (Å²) in [7, 11) is 0. The maximum absolute atomic E-state index is 11.8. The van der Waals surface area contributed by atoms with Crippen LogP contribution in [0.5, 0.6) is 0 Å². The van der Waals surface area contributed by atoms with E-state index < -0.39 is 0 Å². The van der Waals surface area contributed by atoms with Gasteiger partial charge in [-0.3, -0.25) is 14.9 Å². The smallest absolute Gasteiger partial charge is 0.237 e. The van der Waals surface area contributed by atoms with Crippen molar-refractivity contribution in [2.75, 3.05) is 6.54 Å². The number of rotatable bonds is 6. The van der Waals surface area contributed by atoms with Crippen LogP contribution in [0.3, 0.4) is 0 Å². The number of nitrogens with one attached hydrogen (secondary N) is 3. The third-order valence-electron chi connectivity index (χ3n) is 3.36. The molecule has 0 heterocycles. The van der Waals surface area contributed by atoms with Crippen LogP contribution in [0.25, 0.3) is 0 Å². The van der Waals surface area contributed by atoms with E-state index in [2.05, 4.69) is 16.0 Å². The number of carbonyl (C=O) groups excluding carboxylic acids is 2. The monoisotopic (exact) mass is 269 g/mol. The minimum Gasteiger partial charge on any atom is -0.353 e. The molecule has 3 N–H and O–H groups in total. The van der Waals surface area contributed by atoms with Crippen LogP contribution >= 0.6 is 0 Å². The molecule has 19 heavy (non-hydrogen) atoms. The van der Waals surface area contributed by atoms with E-state index in [0.29, 0.717) is 6.04 Å². The van der Waals surface area contributed by atoms with Gasteiger partial charge >= 0.3 is 0 Å². The lowest BCUT2D eigenvalue weighted by Gasteiger charge is -2.23. The van der Waals surface area contributed by atoms with Crippen LogP contribution in [0.4, 0.5) is 0 Å². The molecule has 5 heteroatoms. The number of amides is 2. The summed E-state index contributed by atoms with van der Waals surface area (Å²) in [6.07, 6.45) is 5.83. The molecule has 5 nitrogen and oxygen atoms in total. The second-order valence-corrected chi connectivity index (χ2v) is 5.67. The van der Waals surface area contributed by atoms with Gasteiger partial charge in [-0.1, -0.05) is 19.3 Å². The van der Waals surface area contributed by atoms with Crippen molar-refractivity contribution in [3.63, 3.8) is 0 Å². The zero-order valence-electron chi connectivity index (χ0n) is 12.3. The van der Waals surface area contributed by atoms with Crippen molar-refractivity contribution in [1.29, 1.82) is 0 Å². The summed E-state index contributed by atoms with van der Waals surface area (Å²) < 4.78 is 0. The van der Waals surface area contributed by atoms with Crippen molar-refractivity contribution < 1.29 is 9.59 Å². The van der Waals surface area contributed by atoms with Crippen LogP contribution in [0.2, 0.25) is 0 Å². The van der Waals surface area contributed by atoms with Gasteiger partial charge < -0.3 is 10.6 Å². The van der Waals surface area contributed by atoms with Crippen molar-refractivity contribution in [1.82, 2.24) is 16.0 Å². The van der Waals surface area contributed by atoms with Crippen molar-refractivity contribution in [2.45, 2.75) is 71.0 Å². The molecular weight excluding hydrogens is 242 g/mol. The summed E-state index contributed by atoms with van der Waals surface area (Å²) in [5.41, 5.74) is 0. The average Bonchev–Trinajstić information content (AvgIpc) is 2.36. The molecule has 0 bridgehead atoms. The van der Waals surface area contributed by atoms with Crippen molar-refractivity contribution in [3.05, 3.63) is 0 Å². The Balaban J connectivity index is 2.19. The van der Waals surface area contributed by atoms with Crippen LogP contribution in [0.1, 0.15) is 52.9 Å². The minimum absolute atomic E-state index is 0.0175. The largest absolute Gasteiger partial charge is 0.353 e. The standard InChI is InChI=1S/C14H27N3O2/c1-10(2)16-14(19)11(3)15-9-13(18)17-12-7-5-4-6-8-12/h10-12,15H,4-9H2,1-3H3,(H,16,19)(H,17,18). The highest BCUT2D eigenvalue weighted by molar-refractivity contribution is 5.83. The molecule has 110 valence electrons. The summed E-state index contributed by atoms with van der Waals surface area (Å²) in [6.45, 7) is 5.80. The van der Waals surface area contributed by atoms with Gasteiger partial charge in [0.05, 0.1) is 12.6 Å². The summed E-state index contributed by atoms with van der Waals surface area (Å²) in [5.74, 6) is -0.0865. The molecule has 1 aliphatic carbocycles. The minimum atomic E-state index is -0.348. The van der Waals surface area contributed by atoms with Crippen LogP contribution < -0.4 is 16.0 Å². The molecule has 1 saturated carbocycles. The lowest BCUT2D eigenvalue weighted by Crippen LogP contribution is -2.49. The lowest BCUT2D eigenvalue weighted by atomic mass is 9.95. The fraction of sp³-hybridized carbons (Fsp3) is 0.857. The summed E-state index contributed by atoms with van der Waals surface area (Å²) in [4.78, 5) is 23.4. The predicted octanol–water partition coefficient (Wildman–Crippen LogP) is 0.938. The van der Waals surface area contributed by atoms with Crippen molar-refractivity contribution in [2.24, 2.45) is 0 Å². The Kier molecular flexibility index (Phi) is 6.84. The van der Waals surface area contributed by atoms with E-state index in [1.54, 1.807) is 6.92 Å². The topological polar surface area (TPSA) is 70.2 Å². The summed E-state index contributed by atoms with van der Waals surface area (Å²) in [6, 6.07) is 0.0927. The first-order valence-corrected chi connectivity index (χ1v) is 7.32. The quantitative estimate of drug-likeness (QED) is 0.672. The lowest BCUT2D eigenvalue weighted by molar-refractivity contribution is -0.124. The van der Waals surface area contributed by atoms with Gasteiger partial charge in [-0.25, -0.2) is 0 Å². The van der Waals surface area contributed by atoms with Crippen LogP contribution in [0.15, 0.2) is 0 Å². The maximum atomic E-state index is 11.8. The second kappa shape index (κ2) is 8.15. The van der Waals surface area contributed by atoms with Crippen LogP contribution in [-0.2, 0) is 9.59 Å². The fourth-order valence-electron chi connectivity index (χ4n) is 2.27. The third kappa shape index (κ3) is 6.57. The number of carbonyl (C=O) groups is 2. The van der Waals surface area contributed by atoms with E-state index in [4.69, 9.17) is 0 Å². The van der Waals surface area contributed by atoms with E-state index in [1.165, 1.54) is 19.3 Å². The molecule has 0 aromatic carbocycles. The molecular formula is C14H27N3O2. The Morgan fingerprint density at radius 1 is 1.11 bits per heavy atom. The van der Waals surface area contributed by atoms with Gasteiger partial charge in [-0.05, 0) is 33.6 Å². The van der Waals surface area contributed by atoms with Gasteiger partial charge in [0.15, 0.2) is 0 Å². The molecule has 2 amide bonds. The van der Waals surface area contributed by atoms with E-state index in [0.717, 1.165) is 12.8 Å². The fourth-order valence-corrected chi connectivity index (χ4v) is 2.27. The van der Waals surface area contributed by atoms with E-state index in [9.17, 15) is 9.59 Å². The Morgan fingerprint density at radius 3 is 2.32 bits per heavy atom. The second-order valence-electron chi connectivity index (χ2n) is 5.67. The van der Waals surface area contributed by atoms with Gasteiger partial charge in [0.2, 0.25) is 11.8 Å². The molecule has 1 unspecified atom stereocenters. The Hall–Kier alpha value is -1.10. The number of hydrogen-bond donors (Lipinski definition) is 3. The molecule has 0 spiro atoms. The van der Waals surface area contributed by atoms with E-state index in [1.807, 2.05) is 13.8 Å². The molecule has 1 rings (SSSR count). The first kappa shape index (κ1) is 16.0. The van der Waals surface area contributed by atoms with Gasteiger partial charge in [0.25, 0.3) is 0 Å². The highest BCUT2D eigenvalue weighted by Gasteiger charge is 2.17. The Labute approximate surface area is 115 Å². The highest BCUT2D eigenvalue weighted by atomic mass is 16.2. The average molecular weight is 269 g/mol. The SMILES string of the molecule is CC(C)NC(=O)C(C)NCC(=O)NC1CCCCC1. The van der Waals surface area contributed by atoms with Gasteiger partial charge in [0, 0.05) is 12.1 Å². The molecule has 1 aliphatic rings. The summed E-state index contributed by atoms with van der Waals surface area (Å²) >= 11 is 0. The summed E-state index contributed by atoms with van der Waals surface area (Å²) in [5, 5.41) is 8.79. The predicted molar refractivity (Wildman–Crippen MR) is 75.8 cm³/mol. The first-order chi connectivity index (χ1) is 8.99. The Bertz CT molecular complexity index is 299.